The maximum Gasteiger partial charge on any atom is 0.323 e. The molecule has 0 saturated heterocycles. The van der Waals surface area contributed by atoms with E-state index in [1.807, 2.05) is 91.5 Å². The van der Waals surface area contributed by atoms with Gasteiger partial charge in [-0.25, -0.2) is 13.9 Å². The van der Waals surface area contributed by atoms with E-state index in [4.69, 9.17) is 9.84 Å². The molecule has 39 heavy (non-hydrogen) atoms. The molecule has 8 heteroatoms. The molecule has 0 unspecified atom stereocenters. The fourth-order valence-corrected chi connectivity index (χ4v) is 5.19. The first-order valence-corrected chi connectivity index (χ1v) is 12.9. The van der Waals surface area contributed by atoms with Crippen molar-refractivity contribution in [2.24, 2.45) is 0 Å². The Hall–Kier alpha value is -4.85. The number of benzene rings is 3. The van der Waals surface area contributed by atoms with Crippen molar-refractivity contribution in [3.05, 3.63) is 126 Å². The van der Waals surface area contributed by atoms with Crippen LogP contribution in [0.25, 0.3) is 11.5 Å². The van der Waals surface area contributed by atoms with Crippen molar-refractivity contribution in [1.29, 1.82) is 0 Å². The van der Waals surface area contributed by atoms with Gasteiger partial charge in [-0.3, -0.25) is 0 Å². The Balaban J connectivity index is 1.54. The Labute approximate surface area is 226 Å². The van der Waals surface area contributed by atoms with Gasteiger partial charge < -0.3 is 19.5 Å². The van der Waals surface area contributed by atoms with Crippen LogP contribution in [0, 0.1) is 12.7 Å². The van der Waals surface area contributed by atoms with Crippen molar-refractivity contribution >= 4 is 11.7 Å². The van der Waals surface area contributed by atoms with E-state index in [2.05, 4.69) is 9.88 Å². The van der Waals surface area contributed by atoms with Crippen LogP contribution in [0.1, 0.15) is 35.5 Å². The molecule has 3 heterocycles. The largest absolute Gasteiger partial charge is 0.494 e. The number of rotatable bonds is 5. The number of anilines is 1. The lowest BCUT2D eigenvalue weighted by molar-refractivity contribution is 0.194. The Bertz CT molecular complexity index is 1640. The highest BCUT2D eigenvalue weighted by Crippen LogP contribution is 2.39. The van der Waals surface area contributed by atoms with Gasteiger partial charge in [0.2, 0.25) is 0 Å². The van der Waals surface area contributed by atoms with Gasteiger partial charge in [-0.05, 0) is 67.9 Å². The number of carbonyl (C=O) groups excluding carboxylic acids is 1. The molecule has 1 aliphatic rings. The first-order chi connectivity index (χ1) is 19.0. The first-order valence-electron chi connectivity index (χ1n) is 12.9. The third-order valence-electron chi connectivity index (χ3n) is 6.95. The standard InChI is InChI=1S/C31H28FN5O2/c1-3-39-24-14-9-11-22(19-24)29-28-17-10-18-35(28)30-25(21(2)34-37(30)23-12-5-4-6-13-23)20-36(29)31(38)33-27-16-8-7-15-26(27)32/h4-19,29H,3,20H2,1-2H3,(H,33,38)/t29-/m0/s1. The van der Waals surface area contributed by atoms with E-state index in [0.29, 0.717) is 6.61 Å². The lowest BCUT2D eigenvalue weighted by atomic mass is 10.0. The highest BCUT2D eigenvalue weighted by atomic mass is 19.1. The zero-order valence-corrected chi connectivity index (χ0v) is 21.7. The van der Waals surface area contributed by atoms with Crippen LogP contribution < -0.4 is 10.1 Å². The quantitative estimate of drug-likeness (QED) is 0.282. The number of amides is 2. The van der Waals surface area contributed by atoms with Crippen LogP contribution >= 0.6 is 0 Å². The number of hydrogen-bond donors (Lipinski definition) is 1. The van der Waals surface area contributed by atoms with Gasteiger partial charge >= 0.3 is 6.03 Å². The van der Waals surface area contributed by atoms with Gasteiger partial charge in [0.1, 0.15) is 17.4 Å². The lowest BCUT2D eigenvalue weighted by Gasteiger charge is -2.31. The van der Waals surface area contributed by atoms with Crippen molar-refractivity contribution in [1.82, 2.24) is 19.2 Å². The molecule has 6 rings (SSSR count). The molecule has 1 atom stereocenters. The lowest BCUT2D eigenvalue weighted by Crippen LogP contribution is -2.38. The summed E-state index contributed by atoms with van der Waals surface area (Å²) in [6.45, 7) is 4.68. The van der Waals surface area contributed by atoms with Crippen LogP contribution in [-0.4, -0.2) is 31.9 Å². The topological polar surface area (TPSA) is 64.3 Å². The number of halogens is 1. The van der Waals surface area contributed by atoms with Crippen molar-refractivity contribution < 1.29 is 13.9 Å². The minimum atomic E-state index is -0.493. The smallest absolute Gasteiger partial charge is 0.323 e. The predicted octanol–water partition coefficient (Wildman–Crippen LogP) is 6.65. The molecule has 7 nitrogen and oxygen atoms in total. The normalized spacial score (nSPS) is 14.3. The second-order valence-corrected chi connectivity index (χ2v) is 9.38. The van der Waals surface area contributed by atoms with E-state index >= 15 is 0 Å². The molecule has 2 amide bonds. The van der Waals surface area contributed by atoms with Gasteiger partial charge in [0.15, 0.2) is 0 Å². The molecule has 196 valence electrons. The summed E-state index contributed by atoms with van der Waals surface area (Å²) in [5, 5.41) is 7.67. The monoisotopic (exact) mass is 521 g/mol. The number of carbonyl (C=O) groups is 1. The second-order valence-electron chi connectivity index (χ2n) is 9.38. The van der Waals surface area contributed by atoms with Crippen LogP contribution in [-0.2, 0) is 6.54 Å². The molecule has 2 aromatic heterocycles. The number of nitrogens with one attached hydrogen (secondary N) is 1. The third-order valence-corrected chi connectivity index (χ3v) is 6.95. The SMILES string of the molecule is CCOc1cccc([C@H]2c3cccn3-c3c(c(C)nn3-c3ccccc3)CN2C(=O)Nc2ccccc2F)c1. The molecule has 0 spiro atoms. The zero-order chi connectivity index (χ0) is 26.9. The Morgan fingerprint density at radius 3 is 2.62 bits per heavy atom. The highest BCUT2D eigenvalue weighted by molar-refractivity contribution is 5.90. The molecular formula is C31H28FN5O2. The van der Waals surface area contributed by atoms with E-state index in [0.717, 1.165) is 39.8 Å². The van der Waals surface area contributed by atoms with Crippen LogP contribution in [0.15, 0.2) is 97.2 Å². The number of aryl methyl sites for hydroxylation is 1. The molecule has 0 radical (unpaired) electrons. The number of ether oxygens (including phenoxy) is 1. The number of urea groups is 1. The van der Waals surface area contributed by atoms with E-state index in [-0.39, 0.29) is 12.2 Å². The van der Waals surface area contributed by atoms with Crippen LogP contribution in [0.3, 0.4) is 0 Å². The molecule has 0 aliphatic carbocycles. The van der Waals surface area contributed by atoms with Gasteiger partial charge in [-0.15, -0.1) is 0 Å². The molecule has 5 aromatic rings. The molecule has 0 fully saturated rings. The first kappa shape index (κ1) is 24.5. The van der Waals surface area contributed by atoms with Gasteiger partial charge in [-0.2, -0.15) is 5.10 Å². The summed E-state index contributed by atoms with van der Waals surface area (Å²) >= 11 is 0. The zero-order valence-electron chi connectivity index (χ0n) is 21.7. The molecule has 0 bridgehead atoms. The fraction of sp³-hybridized carbons (Fsp3) is 0.161. The van der Waals surface area contributed by atoms with Crippen molar-refractivity contribution in [2.45, 2.75) is 26.4 Å². The summed E-state index contributed by atoms with van der Waals surface area (Å²) in [6.07, 6.45) is 1.99. The van der Waals surface area contributed by atoms with Gasteiger partial charge in [0, 0.05) is 11.8 Å². The van der Waals surface area contributed by atoms with E-state index in [1.54, 1.807) is 23.1 Å². The van der Waals surface area contributed by atoms with Crippen LogP contribution in [0.2, 0.25) is 0 Å². The Morgan fingerprint density at radius 1 is 1.03 bits per heavy atom. The predicted molar refractivity (Wildman–Crippen MR) is 148 cm³/mol. The molecule has 3 aromatic carbocycles. The number of fused-ring (bicyclic) bond motifs is 3. The third kappa shape index (κ3) is 4.44. The second kappa shape index (κ2) is 10.1. The van der Waals surface area contributed by atoms with E-state index in [9.17, 15) is 9.18 Å². The van der Waals surface area contributed by atoms with Crippen molar-refractivity contribution in [2.75, 3.05) is 11.9 Å². The minimum absolute atomic E-state index is 0.126. The highest BCUT2D eigenvalue weighted by Gasteiger charge is 2.36. The summed E-state index contributed by atoms with van der Waals surface area (Å²) in [7, 11) is 0. The number of aromatic nitrogens is 3. The summed E-state index contributed by atoms with van der Waals surface area (Å²) < 4.78 is 24.4. The summed E-state index contributed by atoms with van der Waals surface area (Å²) in [5.41, 5.74) is 4.51. The summed E-state index contributed by atoms with van der Waals surface area (Å²) in [5.74, 6) is 1.09. The maximum atomic E-state index is 14.6. The fourth-order valence-electron chi connectivity index (χ4n) is 5.19. The van der Waals surface area contributed by atoms with E-state index < -0.39 is 17.9 Å². The number of hydrogen-bond acceptors (Lipinski definition) is 3. The average Bonchev–Trinajstić information content (AvgIpc) is 3.51. The van der Waals surface area contributed by atoms with Crippen molar-refractivity contribution in [3.8, 4) is 17.3 Å². The van der Waals surface area contributed by atoms with Crippen LogP contribution in [0.5, 0.6) is 5.75 Å². The number of para-hydroxylation sites is 2. The molecule has 1 N–H and O–H groups in total. The molecule has 0 saturated carbocycles. The summed E-state index contributed by atoms with van der Waals surface area (Å²) in [4.78, 5) is 15.7. The van der Waals surface area contributed by atoms with Gasteiger partial charge in [0.25, 0.3) is 0 Å². The van der Waals surface area contributed by atoms with E-state index in [1.165, 1.54) is 6.07 Å². The molecule has 1 aliphatic heterocycles. The Kier molecular flexibility index (Phi) is 6.36. The Morgan fingerprint density at radius 2 is 1.82 bits per heavy atom. The van der Waals surface area contributed by atoms with Crippen molar-refractivity contribution in [3.63, 3.8) is 0 Å². The number of nitrogens with zero attached hydrogens (tertiary/aromatic N) is 4. The van der Waals surface area contributed by atoms with Gasteiger partial charge in [0.05, 0.1) is 42.0 Å². The average molecular weight is 522 g/mol. The summed E-state index contributed by atoms with van der Waals surface area (Å²) in [6, 6.07) is 27.0. The maximum absolute atomic E-state index is 14.6. The van der Waals surface area contributed by atoms with Gasteiger partial charge in [-0.1, -0.05) is 42.5 Å². The minimum Gasteiger partial charge on any atom is -0.494 e. The van der Waals surface area contributed by atoms with Crippen LogP contribution in [0.4, 0.5) is 14.9 Å². The molecular weight excluding hydrogens is 493 g/mol.